The van der Waals surface area contributed by atoms with Gasteiger partial charge in [0.1, 0.15) is 5.69 Å². The Labute approximate surface area is 103 Å². The van der Waals surface area contributed by atoms with E-state index in [1.54, 1.807) is 12.1 Å². The summed E-state index contributed by atoms with van der Waals surface area (Å²) in [4.78, 5) is 11.0. The first-order valence-corrected chi connectivity index (χ1v) is 6.15. The summed E-state index contributed by atoms with van der Waals surface area (Å²) in [5, 5.41) is 11.1. The van der Waals surface area contributed by atoms with E-state index in [4.69, 9.17) is 17.3 Å². The van der Waals surface area contributed by atoms with E-state index in [1.807, 2.05) is 0 Å². The van der Waals surface area contributed by atoms with E-state index in [2.05, 4.69) is 13.8 Å². The number of hydrogen-bond donors (Lipinski definition) is 1. The van der Waals surface area contributed by atoms with Crippen LogP contribution in [0.3, 0.4) is 0 Å². The Hall–Kier alpha value is -0.940. The minimum atomic E-state index is -0.482. The van der Waals surface area contributed by atoms with Gasteiger partial charge < -0.3 is 5.73 Å². The highest BCUT2D eigenvalue weighted by Crippen LogP contribution is 2.38. The number of rotatable bonds is 4. The van der Waals surface area contributed by atoms with Crippen LogP contribution in [-0.4, -0.2) is 10.7 Å². The number of benzene rings is 1. The fraction of sp³-hybridized carbons (Fsp3) is 0.400. The van der Waals surface area contributed by atoms with E-state index < -0.39 is 4.92 Å². The summed E-state index contributed by atoms with van der Waals surface area (Å²) in [6, 6.07) is 3.23. The Morgan fingerprint density at radius 3 is 2.69 bits per heavy atom. The monoisotopic (exact) mass is 260 g/mol. The van der Waals surface area contributed by atoms with Gasteiger partial charge in [-0.3, -0.25) is 10.1 Å². The van der Waals surface area contributed by atoms with E-state index in [1.165, 1.54) is 11.8 Å². The molecule has 1 aromatic carbocycles. The molecule has 0 radical (unpaired) electrons. The molecule has 88 valence electrons. The van der Waals surface area contributed by atoms with Gasteiger partial charge in [0.2, 0.25) is 0 Å². The maximum Gasteiger partial charge on any atom is 0.307 e. The Kier molecular flexibility index (Phi) is 4.44. The predicted molar refractivity (Wildman–Crippen MR) is 68.1 cm³/mol. The summed E-state index contributed by atoms with van der Waals surface area (Å²) >= 11 is 7.18. The number of nitro benzene ring substituents is 1. The first-order valence-electron chi connectivity index (χ1n) is 4.78. The normalized spacial score (nSPS) is 10.8. The fourth-order valence-corrected chi connectivity index (χ4v) is 2.28. The van der Waals surface area contributed by atoms with Crippen molar-refractivity contribution in [1.82, 2.24) is 0 Å². The van der Waals surface area contributed by atoms with Crippen LogP contribution < -0.4 is 5.73 Å². The van der Waals surface area contributed by atoms with Crippen molar-refractivity contribution in [3.63, 3.8) is 0 Å². The SMILES string of the molecule is CC(C)CSc1ccc(Cl)c(N)c1[N+](=O)[O-]. The van der Waals surface area contributed by atoms with Gasteiger partial charge in [0.25, 0.3) is 0 Å². The standard InChI is InChI=1S/C10H13ClN2O2S/c1-6(2)5-16-8-4-3-7(11)9(12)10(8)13(14)15/h3-4,6H,5,12H2,1-2H3. The van der Waals surface area contributed by atoms with E-state index in [-0.39, 0.29) is 16.4 Å². The molecule has 0 saturated carbocycles. The highest BCUT2D eigenvalue weighted by Gasteiger charge is 2.20. The van der Waals surface area contributed by atoms with Crippen molar-refractivity contribution in [2.75, 3.05) is 11.5 Å². The third-order valence-electron chi connectivity index (χ3n) is 1.88. The van der Waals surface area contributed by atoms with Gasteiger partial charge in [0, 0.05) is 5.75 Å². The number of thioether (sulfide) groups is 1. The smallest absolute Gasteiger partial charge is 0.307 e. The van der Waals surface area contributed by atoms with Crippen LogP contribution in [0.2, 0.25) is 5.02 Å². The molecule has 0 aliphatic heterocycles. The van der Waals surface area contributed by atoms with Crippen LogP contribution in [0.15, 0.2) is 17.0 Å². The van der Waals surface area contributed by atoms with E-state index >= 15 is 0 Å². The zero-order valence-corrected chi connectivity index (χ0v) is 10.6. The number of hydrogen-bond acceptors (Lipinski definition) is 4. The van der Waals surface area contributed by atoms with Crippen molar-refractivity contribution < 1.29 is 4.92 Å². The van der Waals surface area contributed by atoms with Crippen molar-refractivity contribution >= 4 is 34.7 Å². The maximum absolute atomic E-state index is 10.9. The van der Waals surface area contributed by atoms with Gasteiger partial charge in [-0.2, -0.15) is 0 Å². The lowest BCUT2D eigenvalue weighted by molar-refractivity contribution is -0.386. The van der Waals surface area contributed by atoms with Gasteiger partial charge in [-0.25, -0.2) is 0 Å². The third kappa shape index (κ3) is 3.02. The Morgan fingerprint density at radius 2 is 2.19 bits per heavy atom. The van der Waals surface area contributed by atoms with Gasteiger partial charge in [-0.05, 0) is 18.1 Å². The fourth-order valence-electron chi connectivity index (χ4n) is 1.12. The van der Waals surface area contributed by atoms with Crippen LogP contribution in [0.5, 0.6) is 0 Å². The largest absolute Gasteiger partial charge is 0.392 e. The zero-order valence-electron chi connectivity index (χ0n) is 9.07. The quantitative estimate of drug-likeness (QED) is 0.389. The molecule has 0 fully saturated rings. The molecule has 0 aliphatic carbocycles. The minimum absolute atomic E-state index is 0.0421. The third-order valence-corrected chi connectivity index (χ3v) is 3.68. The van der Waals surface area contributed by atoms with E-state index in [0.717, 1.165) is 5.75 Å². The molecule has 2 N–H and O–H groups in total. The summed E-state index contributed by atoms with van der Waals surface area (Å²) in [6.45, 7) is 4.11. The molecule has 1 aromatic rings. The van der Waals surface area contributed by atoms with Crippen molar-refractivity contribution in [3.8, 4) is 0 Å². The summed E-state index contributed by atoms with van der Waals surface area (Å²) < 4.78 is 0. The second-order valence-corrected chi connectivity index (χ2v) is 5.24. The molecule has 0 spiro atoms. The van der Waals surface area contributed by atoms with Gasteiger partial charge in [0.05, 0.1) is 14.8 Å². The highest BCUT2D eigenvalue weighted by molar-refractivity contribution is 7.99. The van der Waals surface area contributed by atoms with Crippen LogP contribution in [0.4, 0.5) is 11.4 Å². The molecular formula is C10H13ClN2O2S. The Morgan fingerprint density at radius 1 is 1.56 bits per heavy atom. The number of nitrogens with two attached hydrogens (primary N) is 1. The molecule has 4 nitrogen and oxygen atoms in total. The molecule has 0 heterocycles. The average Bonchev–Trinajstić information content (AvgIpc) is 2.19. The number of nitro groups is 1. The second kappa shape index (κ2) is 5.41. The minimum Gasteiger partial charge on any atom is -0.392 e. The topological polar surface area (TPSA) is 69.2 Å². The molecule has 0 aliphatic rings. The number of halogens is 1. The summed E-state index contributed by atoms with van der Waals surface area (Å²) in [5.74, 6) is 1.27. The lowest BCUT2D eigenvalue weighted by Gasteiger charge is -2.07. The zero-order chi connectivity index (χ0) is 12.3. The number of anilines is 1. The highest BCUT2D eigenvalue weighted by atomic mass is 35.5. The molecule has 0 saturated heterocycles. The predicted octanol–water partition coefficient (Wildman–Crippen LogP) is 3.58. The van der Waals surface area contributed by atoms with E-state index in [9.17, 15) is 10.1 Å². The van der Waals surface area contributed by atoms with Crippen LogP contribution in [-0.2, 0) is 0 Å². The molecule has 0 atom stereocenters. The van der Waals surface area contributed by atoms with Crippen molar-refractivity contribution in [2.45, 2.75) is 18.7 Å². The van der Waals surface area contributed by atoms with Crippen molar-refractivity contribution in [2.24, 2.45) is 5.92 Å². The Bertz CT molecular complexity index is 410. The second-order valence-electron chi connectivity index (χ2n) is 3.77. The summed E-state index contributed by atoms with van der Waals surface area (Å²) in [7, 11) is 0. The molecule has 0 bridgehead atoms. The molecule has 0 unspecified atom stereocenters. The maximum atomic E-state index is 10.9. The first kappa shape index (κ1) is 13.1. The van der Waals surface area contributed by atoms with E-state index in [0.29, 0.717) is 10.8 Å². The summed E-state index contributed by atoms with van der Waals surface area (Å²) in [6.07, 6.45) is 0. The summed E-state index contributed by atoms with van der Waals surface area (Å²) in [5.41, 5.74) is 5.56. The molecule has 0 amide bonds. The van der Waals surface area contributed by atoms with Crippen molar-refractivity contribution in [1.29, 1.82) is 0 Å². The van der Waals surface area contributed by atoms with Gasteiger partial charge in [-0.15, -0.1) is 11.8 Å². The van der Waals surface area contributed by atoms with Gasteiger partial charge >= 0.3 is 5.69 Å². The number of nitrogens with zero attached hydrogens (tertiary/aromatic N) is 1. The molecule has 6 heteroatoms. The van der Waals surface area contributed by atoms with Crippen LogP contribution in [0, 0.1) is 16.0 Å². The van der Waals surface area contributed by atoms with Crippen LogP contribution in [0.1, 0.15) is 13.8 Å². The van der Waals surface area contributed by atoms with Crippen LogP contribution >= 0.6 is 23.4 Å². The first-order chi connectivity index (χ1) is 7.43. The molecule has 1 rings (SSSR count). The van der Waals surface area contributed by atoms with Crippen molar-refractivity contribution in [3.05, 3.63) is 27.3 Å². The number of nitrogen functional groups attached to an aromatic ring is 1. The molecule has 0 aromatic heterocycles. The molecule has 16 heavy (non-hydrogen) atoms. The Balaban J connectivity index is 3.08. The lowest BCUT2D eigenvalue weighted by Crippen LogP contribution is -1.99. The average molecular weight is 261 g/mol. The van der Waals surface area contributed by atoms with Gasteiger partial charge in [0.15, 0.2) is 0 Å². The van der Waals surface area contributed by atoms with Crippen LogP contribution in [0.25, 0.3) is 0 Å². The van der Waals surface area contributed by atoms with Gasteiger partial charge in [-0.1, -0.05) is 25.4 Å². The lowest BCUT2D eigenvalue weighted by atomic mass is 10.3. The molecular weight excluding hydrogens is 248 g/mol.